The monoisotopic (exact) mass is 324 g/mol. The number of hydrogen-bond donors (Lipinski definition) is 2. The highest BCUT2D eigenvalue weighted by molar-refractivity contribution is 5.88. The summed E-state index contributed by atoms with van der Waals surface area (Å²) in [5, 5.41) is 20.3. The zero-order chi connectivity index (χ0) is 17.2. The minimum absolute atomic E-state index is 0.181. The molecule has 1 aromatic carbocycles. The number of aliphatic hydroxyl groups excluding tert-OH is 1. The summed E-state index contributed by atoms with van der Waals surface area (Å²) >= 11 is 0. The van der Waals surface area contributed by atoms with Gasteiger partial charge < -0.3 is 28.8 Å². The van der Waals surface area contributed by atoms with Gasteiger partial charge in [-0.3, -0.25) is 0 Å². The minimum atomic E-state index is -1.33. The van der Waals surface area contributed by atoms with E-state index in [4.69, 9.17) is 18.6 Å². The second-order valence-corrected chi connectivity index (χ2v) is 5.59. The van der Waals surface area contributed by atoms with E-state index < -0.39 is 17.3 Å². The van der Waals surface area contributed by atoms with Crippen LogP contribution < -0.4 is 19.8 Å². The van der Waals surface area contributed by atoms with Crippen molar-refractivity contribution in [2.24, 2.45) is 0 Å². The molecule has 2 N–H and O–H groups in total. The van der Waals surface area contributed by atoms with Crippen molar-refractivity contribution in [2.75, 3.05) is 20.8 Å². The lowest BCUT2D eigenvalue weighted by Crippen LogP contribution is -2.40. The number of hydrogen-bond acceptors (Lipinski definition) is 7. The molecule has 0 aliphatic carbocycles. The Morgan fingerprint density at radius 1 is 1.22 bits per heavy atom. The van der Waals surface area contributed by atoms with Crippen molar-refractivity contribution >= 4 is 11.0 Å². The van der Waals surface area contributed by atoms with Gasteiger partial charge in [0.25, 0.3) is 0 Å². The van der Waals surface area contributed by atoms with Crippen LogP contribution in [-0.2, 0) is 0 Å². The molecule has 2 rings (SSSR count). The van der Waals surface area contributed by atoms with Crippen LogP contribution in [0.4, 0.5) is 0 Å². The molecule has 126 valence electrons. The van der Waals surface area contributed by atoms with E-state index in [0.29, 0.717) is 11.1 Å². The topological polar surface area (TPSA) is 98.4 Å². The molecule has 7 nitrogen and oxygen atoms in total. The van der Waals surface area contributed by atoms with E-state index in [-0.39, 0.29) is 23.7 Å². The summed E-state index contributed by atoms with van der Waals surface area (Å²) in [6.07, 6.45) is -1.13. The van der Waals surface area contributed by atoms with Crippen molar-refractivity contribution in [3.63, 3.8) is 0 Å². The first-order valence-electron chi connectivity index (χ1n) is 7.00. The van der Waals surface area contributed by atoms with E-state index in [1.54, 1.807) is 12.1 Å². The number of aliphatic hydroxyl groups is 2. The molecule has 0 bridgehead atoms. The number of fused-ring (bicyclic) bond motifs is 1. The van der Waals surface area contributed by atoms with Crippen LogP contribution in [0.5, 0.6) is 17.2 Å². The first kappa shape index (κ1) is 17.1. The van der Waals surface area contributed by atoms with Crippen molar-refractivity contribution in [1.29, 1.82) is 0 Å². The van der Waals surface area contributed by atoms with Crippen molar-refractivity contribution < 1.29 is 28.8 Å². The molecule has 0 radical (unpaired) electrons. The van der Waals surface area contributed by atoms with E-state index in [1.807, 2.05) is 0 Å². The Morgan fingerprint density at radius 3 is 2.48 bits per heavy atom. The molecule has 23 heavy (non-hydrogen) atoms. The Kier molecular flexibility index (Phi) is 4.82. The average Bonchev–Trinajstić information content (AvgIpc) is 2.50. The van der Waals surface area contributed by atoms with Gasteiger partial charge in [0.05, 0.1) is 19.8 Å². The third-order valence-electron chi connectivity index (χ3n) is 3.41. The van der Waals surface area contributed by atoms with Crippen LogP contribution in [0.3, 0.4) is 0 Å². The van der Waals surface area contributed by atoms with Crippen molar-refractivity contribution in [1.82, 2.24) is 0 Å². The highest BCUT2D eigenvalue weighted by Crippen LogP contribution is 2.43. The van der Waals surface area contributed by atoms with Gasteiger partial charge in [-0.05, 0) is 26.0 Å². The fourth-order valence-corrected chi connectivity index (χ4v) is 1.98. The first-order valence-corrected chi connectivity index (χ1v) is 7.00. The maximum Gasteiger partial charge on any atom is 0.336 e. The Bertz CT molecular complexity index is 742. The maximum absolute atomic E-state index is 11.4. The maximum atomic E-state index is 11.4. The summed E-state index contributed by atoms with van der Waals surface area (Å²) in [6, 6.07) is 4.51. The van der Waals surface area contributed by atoms with Gasteiger partial charge >= 0.3 is 5.63 Å². The molecule has 0 aliphatic rings. The molecule has 0 saturated carbocycles. The van der Waals surface area contributed by atoms with Crippen molar-refractivity contribution in [2.45, 2.75) is 25.6 Å². The smallest absolute Gasteiger partial charge is 0.336 e. The number of methoxy groups -OCH3 is 2. The molecule has 2 aromatic rings. The van der Waals surface area contributed by atoms with Gasteiger partial charge in [0.15, 0.2) is 11.3 Å². The average molecular weight is 324 g/mol. The zero-order valence-corrected chi connectivity index (χ0v) is 13.5. The van der Waals surface area contributed by atoms with Crippen molar-refractivity contribution in [3.8, 4) is 17.2 Å². The lowest BCUT2D eigenvalue weighted by molar-refractivity contribution is -0.0666. The van der Waals surface area contributed by atoms with Gasteiger partial charge in [0, 0.05) is 11.5 Å². The van der Waals surface area contributed by atoms with Crippen LogP contribution in [0.15, 0.2) is 27.4 Å². The minimum Gasteiger partial charge on any atom is -0.493 e. The summed E-state index contributed by atoms with van der Waals surface area (Å²) in [5.74, 6) is 0.714. The van der Waals surface area contributed by atoms with Gasteiger partial charge in [-0.1, -0.05) is 0 Å². The highest BCUT2D eigenvalue weighted by Gasteiger charge is 2.27. The van der Waals surface area contributed by atoms with Crippen molar-refractivity contribution in [3.05, 3.63) is 28.6 Å². The van der Waals surface area contributed by atoms with Crippen LogP contribution in [-0.4, -0.2) is 42.7 Å². The van der Waals surface area contributed by atoms with Gasteiger partial charge in [0.2, 0.25) is 11.5 Å². The molecule has 1 heterocycles. The van der Waals surface area contributed by atoms with Crippen LogP contribution in [0.1, 0.15) is 13.8 Å². The lowest BCUT2D eigenvalue weighted by atomic mass is 10.0. The zero-order valence-electron chi connectivity index (χ0n) is 13.5. The van der Waals surface area contributed by atoms with E-state index >= 15 is 0 Å². The molecule has 0 aliphatic heterocycles. The molecule has 0 amide bonds. The molecule has 0 spiro atoms. The summed E-state index contributed by atoms with van der Waals surface area (Å²) in [4.78, 5) is 11.4. The Morgan fingerprint density at radius 2 is 1.91 bits per heavy atom. The molecule has 1 atom stereocenters. The molecule has 7 heteroatoms. The fourth-order valence-electron chi connectivity index (χ4n) is 1.98. The number of benzene rings is 1. The van der Waals surface area contributed by atoms with Gasteiger partial charge in [-0.15, -0.1) is 0 Å². The molecule has 0 fully saturated rings. The number of rotatable bonds is 6. The van der Waals surface area contributed by atoms with E-state index in [1.165, 1.54) is 34.1 Å². The van der Waals surface area contributed by atoms with Crippen LogP contribution in [0.2, 0.25) is 0 Å². The quantitative estimate of drug-likeness (QED) is 0.773. The lowest BCUT2D eigenvalue weighted by Gasteiger charge is -2.25. The first-order chi connectivity index (χ1) is 10.8. The Balaban J connectivity index is 2.50. The van der Waals surface area contributed by atoms with Crippen LogP contribution in [0.25, 0.3) is 11.0 Å². The third kappa shape index (κ3) is 3.57. The highest BCUT2D eigenvalue weighted by atomic mass is 16.5. The van der Waals surface area contributed by atoms with E-state index in [9.17, 15) is 15.0 Å². The third-order valence-corrected chi connectivity index (χ3v) is 3.41. The molecular weight excluding hydrogens is 304 g/mol. The largest absolute Gasteiger partial charge is 0.493 e. The van der Waals surface area contributed by atoms with Crippen LogP contribution in [0, 0.1) is 0 Å². The molecule has 0 saturated heterocycles. The van der Waals surface area contributed by atoms with Gasteiger partial charge in [-0.2, -0.15) is 0 Å². The van der Waals surface area contributed by atoms with E-state index in [2.05, 4.69) is 0 Å². The van der Waals surface area contributed by atoms with Gasteiger partial charge in [0.1, 0.15) is 12.7 Å². The predicted octanol–water partition coefficient (Wildman–Crippen LogP) is 1.32. The predicted molar refractivity (Wildman–Crippen MR) is 83.4 cm³/mol. The SMILES string of the molecule is COc1cc2ccc(=O)oc2c(OC)c1OCC(O)C(C)(C)O. The molecule has 1 aromatic heterocycles. The summed E-state index contributed by atoms with van der Waals surface area (Å²) in [6.45, 7) is 2.74. The molecule has 1 unspecified atom stereocenters. The second kappa shape index (κ2) is 6.47. The Labute approximate surface area is 133 Å². The summed E-state index contributed by atoms with van der Waals surface area (Å²) < 4.78 is 21.3. The summed E-state index contributed by atoms with van der Waals surface area (Å²) in [5.41, 5.74) is -1.64. The number of ether oxygens (including phenoxy) is 3. The molecular formula is C16H20O7. The standard InChI is InChI=1S/C16H20O7/c1-16(2,19)11(17)8-22-14-10(20-3)7-9-5-6-12(18)23-13(9)15(14)21-4/h5-7,11,17,19H,8H2,1-4H3. The van der Waals surface area contributed by atoms with Gasteiger partial charge in [-0.25, -0.2) is 4.79 Å². The Hall–Kier alpha value is -2.25. The van der Waals surface area contributed by atoms with E-state index in [0.717, 1.165) is 0 Å². The van der Waals surface area contributed by atoms with Crippen LogP contribution >= 0.6 is 0 Å². The normalized spacial score (nSPS) is 13.0. The second-order valence-electron chi connectivity index (χ2n) is 5.59. The fraction of sp³-hybridized carbons (Fsp3) is 0.438. The summed E-state index contributed by atoms with van der Waals surface area (Å²) in [7, 11) is 2.86.